The van der Waals surface area contributed by atoms with Crippen LogP contribution in [0, 0.1) is 11.3 Å². The van der Waals surface area contributed by atoms with E-state index in [-0.39, 0.29) is 18.4 Å². The third kappa shape index (κ3) is 5.59. The molecule has 0 aliphatic rings. The second kappa shape index (κ2) is 10.7. The van der Waals surface area contributed by atoms with E-state index >= 15 is 0 Å². The zero-order valence-corrected chi connectivity index (χ0v) is 21.7. The van der Waals surface area contributed by atoms with Crippen molar-refractivity contribution in [3.63, 3.8) is 0 Å². The van der Waals surface area contributed by atoms with Crippen LogP contribution >= 0.6 is 0 Å². The lowest BCUT2D eigenvalue weighted by Gasteiger charge is -2.10. The number of carbonyl (C=O) groups excluding carboxylic acids is 1. The van der Waals surface area contributed by atoms with Crippen LogP contribution in [0.5, 0.6) is 0 Å². The molecule has 0 spiro atoms. The van der Waals surface area contributed by atoms with E-state index in [1.54, 1.807) is 60.7 Å². The number of nitriles is 1. The Kier molecular flexibility index (Phi) is 7.14. The number of nitrogens with one attached hydrogen (secondary N) is 1. The first-order valence-corrected chi connectivity index (χ1v) is 12.6. The van der Waals surface area contributed by atoms with Gasteiger partial charge in [-0.15, -0.1) is 0 Å². The average Bonchev–Trinajstić information content (AvgIpc) is 3.39. The number of hydrogen-bond donors (Lipinski definition) is 1. The fraction of sp³-hybridized carbons (Fsp3) is 0.156. The fourth-order valence-electron chi connectivity index (χ4n) is 4.41. The third-order valence-corrected chi connectivity index (χ3v) is 6.59. The number of rotatable bonds is 6. The molecule has 0 bridgehead atoms. The van der Waals surface area contributed by atoms with Gasteiger partial charge >= 0.3 is 6.18 Å². The molecule has 0 radical (unpaired) electrons. The van der Waals surface area contributed by atoms with E-state index in [9.17, 15) is 23.2 Å². The maximum atomic E-state index is 13.0. The van der Waals surface area contributed by atoms with Crippen LogP contribution in [0.1, 0.15) is 52.4 Å². The van der Waals surface area contributed by atoms with Gasteiger partial charge in [0.15, 0.2) is 5.58 Å². The highest BCUT2D eigenvalue weighted by Crippen LogP contribution is 2.33. The summed E-state index contributed by atoms with van der Waals surface area (Å²) in [5.74, 6) is 0.283. The van der Waals surface area contributed by atoms with Crippen molar-refractivity contribution in [1.29, 1.82) is 5.26 Å². The number of fused-ring (bicyclic) bond motifs is 1. The van der Waals surface area contributed by atoms with Crippen LogP contribution in [0.3, 0.4) is 0 Å². The Labute approximate surface area is 228 Å². The summed E-state index contributed by atoms with van der Waals surface area (Å²) in [5.41, 5.74) is 5.07. The molecule has 0 aliphatic carbocycles. The van der Waals surface area contributed by atoms with Crippen molar-refractivity contribution < 1.29 is 22.4 Å². The van der Waals surface area contributed by atoms with E-state index in [1.807, 2.05) is 19.9 Å². The molecule has 4 aromatic carbocycles. The van der Waals surface area contributed by atoms with Gasteiger partial charge in [0.05, 0.1) is 17.2 Å². The molecule has 1 N–H and O–H groups in total. The van der Waals surface area contributed by atoms with E-state index in [2.05, 4.69) is 16.4 Å². The summed E-state index contributed by atoms with van der Waals surface area (Å²) in [6, 6.07) is 24.7. The Hall–Kier alpha value is -4.90. The van der Waals surface area contributed by atoms with E-state index in [0.29, 0.717) is 44.8 Å². The number of halogens is 3. The van der Waals surface area contributed by atoms with E-state index < -0.39 is 11.7 Å². The monoisotopic (exact) mass is 539 g/mol. The number of carbonyl (C=O) groups is 1. The summed E-state index contributed by atoms with van der Waals surface area (Å²) in [5, 5.41) is 12.2. The van der Waals surface area contributed by atoms with Crippen molar-refractivity contribution in [2.24, 2.45) is 0 Å². The van der Waals surface area contributed by atoms with Gasteiger partial charge in [0.2, 0.25) is 5.89 Å². The molecule has 0 saturated heterocycles. The molecule has 200 valence electrons. The van der Waals surface area contributed by atoms with E-state index in [0.717, 1.165) is 23.3 Å². The molecule has 5 rings (SSSR count). The van der Waals surface area contributed by atoms with Crippen molar-refractivity contribution in [2.45, 2.75) is 32.5 Å². The molecule has 1 aromatic heterocycles. The van der Waals surface area contributed by atoms with Gasteiger partial charge in [0.25, 0.3) is 5.91 Å². The van der Waals surface area contributed by atoms with Crippen molar-refractivity contribution >= 4 is 17.0 Å². The van der Waals surface area contributed by atoms with E-state index in [1.165, 1.54) is 6.07 Å². The van der Waals surface area contributed by atoms with Gasteiger partial charge in [-0.05, 0) is 71.1 Å². The number of alkyl halides is 3. The van der Waals surface area contributed by atoms with Gasteiger partial charge < -0.3 is 9.73 Å². The highest BCUT2D eigenvalue weighted by atomic mass is 19.4. The van der Waals surface area contributed by atoms with Crippen LogP contribution in [0.2, 0.25) is 0 Å². The Morgan fingerprint density at radius 2 is 1.65 bits per heavy atom. The lowest BCUT2D eigenvalue weighted by Crippen LogP contribution is -2.22. The topological polar surface area (TPSA) is 78.9 Å². The minimum atomic E-state index is -4.40. The van der Waals surface area contributed by atoms with Crippen molar-refractivity contribution in [1.82, 2.24) is 10.3 Å². The quantitative estimate of drug-likeness (QED) is 0.236. The highest BCUT2D eigenvalue weighted by molar-refractivity contribution is 5.94. The standard InChI is InChI=1S/C32H24F3N3O2/c1-19(2)27-14-21(17-36)15-28-29(27)40-31(38-28)24-12-10-23(11-13-24)30(39)37-18-20-6-8-22(9-7-20)25-4-3-5-26(16-25)32(33,34)35/h3-16,19H,18H2,1-2H3,(H,37,39). The minimum Gasteiger partial charge on any atom is -0.436 e. The molecule has 5 aromatic rings. The minimum absolute atomic E-state index is 0.152. The molecule has 5 nitrogen and oxygen atoms in total. The zero-order valence-electron chi connectivity index (χ0n) is 21.7. The molecule has 40 heavy (non-hydrogen) atoms. The van der Waals surface area contributed by atoms with Crippen molar-refractivity contribution in [3.05, 3.63) is 113 Å². The van der Waals surface area contributed by atoms with Crippen molar-refractivity contribution in [3.8, 4) is 28.7 Å². The number of amides is 1. The molecule has 1 heterocycles. The summed E-state index contributed by atoms with van der Waals surface area (Å²) >= 11 is 0. The zero-order chi connectivity index (χ0) is 28.4. The maximum absolute atomic E-state index is 13.0. The van der Waals surface area contributed by atoms with Crippen LogP contribution in [-0.4, -0.2) is 10.9 Å². The summed E-state index contributed by atoms with van der Waals surface area (Å²) in [4.78, 5) is 17.3. The molecule has 0 fully saturated rings. The van der Waals surface area contributed by atoms with Gasteiger partial charge in [0, 0.05) is 23.2 Å². The molecular weight excluding hydrogens is 515 g/mol. The average molecular weight is 540 g/mol. The van der Waals surface area contributed by atoms with E-state index in [4.69, 9.17) is 4.42 Å². The lowest BCUT2D eigenvalue weighted by atomic mass is 10.00. The van der Waals surface area contributed by atoms with Crippen LogP contribution in [-0.2, 0) is 12.7 Å². The van der Waals surface area contributed by atoms with Crippen LogP contribution in [0.25, 0.3) is 33.7 Å². The normalized spacial score (nSPS) is 11.5. The lowest BCUT2D eigenvalue weighted by molar-refractivity contribution is -0.137. The van der Waals surface area contributed by atoms with Crippen LogP contribution < -0.4 is 5.32 Å². The SMILES string of the molecule is CC(C)c1cc(C#N)cc2nc(-c3ccc(C(=O)NCc4ccc(-c5cccc(C(F)(F)F)c5)cc4)cc3)oc12. The first-order valence-electron chi connectivity index (χ1n) is 12.6. The molecule has 0 aliphatic heterocycles. The third-order valence-electron chi connectivity index (χ3n) is 6.59. The Bertz CT molecular complexity index is 1730. The Balaban J connectivity index is 1.26. The molecule has 0 atom stereocenters. The van der Waals surface area contributed by atoms with Gasteiger partial charge in [-0.25, -0.2) is 4.98 Å². The van der Waals surface area contributed by atoms with Gasteiger partial charge in [-0.1, -0.05) is 50.2 Å². The molecule has 0 saturated carbocycles. The second-order valence-electron chi connectivity index (χ2n) is 9.73. The van der Waals surface area contributed by atoms with Gasteiger partial charge in [-0.2, -0.15) is 18.4 Å². The molecule has 8 heteroatoms. The summed E-state index contributed by atoms with van der Waals surface area (Å²) in [6.45, 7) is 4.31. The van der Waals surface area contributed by atoms with Gasteiger partial charge in [-0.3, -0.25) is 4.79 Å². The maximum Gasteiger partial charge on any atom is 0.416 e. The number of aromatic nitrogens is 1. The number of hydrogen-bond acceptors (Lipinski definition) is 4. The number of oxazole rings is 1. The highest BCUT2D eigenvalue weighted by Gasteiger charge is 2.30. The molecular formula is C32H24F3N3O2. The largest absolute Gasteiger partial charge is 0.436 e. The smallest absolute Gasteiger partial charge is 0.416 e. The Morgan fingerprint density at radius 3 is 2.30 bits per heavy atom. The predicted octanol–water partition coefficient (Wildman–Crippen LogP) is 8.11. The van der Waals surface area contributed by atoms with Crippen LogP contribution in [0.4, 0.5) is 13.2 Å². The first-order chi connectivity index (χ1) is 19.1. The second-order valence-corrected chi connectivity index (χ2v) is 9.73. The van der Waals surface area contributed by atoms with Crippen molar-refractivity contribution in [2.75, 3.05) is 0 Å². The molecule has 1 amide bonds. The first kappa shape index (κ1) is 26.7. The number of nitrogens with zero attached hydrogens (tertiary/aromatic N) is 2. The molecule has 0 unspecified atom stereocenters. The number of benzene rings is 4. The van der Waals surface area contributed by atoms with Crippen LogP contribution in [0.15, 0.2) is 89.3 Å². The summed E-state index contributed by atoms with van der Waals surface area (Å²) < 4.78 is 45.1. The summed E-state index contributed by atoms with van der Waals surface area (Å²) in [6.07, 6.45) is -4.40. The Morgan fingerprint density at radius 1 is 0.950 bits per heavy atom. The fourth-order valence-corrected chi connectivity index (χ4v) is 4.41. The predicted molar refractivity (Wildman–Crippen MR) is 146 cm³/mol. The van der Waals surface area contributed by atoms with Gasteiger partial charge in [0.1, 0.15) is 5.52 Å². The summed E-state index contributed by atoms with van der Waals surface area (Å²) in [7, 11) is 0.